The molecule has 0 heterocycles. The predicted molar refractivity (Wildman–Crippen MR) is 75.7 cm³/mol. The van der Waals surface area contributed by atoms with Crippen LogP contribution in [0.25, 0.3) is 0 Å². The van der Waals surface area contributed by atoms with E-state index in [0.717, 1.165) is 11.6 Å². The van der Waals surface area contributed by atoms with Gasteiger partial charge in [-0.3, -0.25) is 0 Å². The van der Waals surface area contributed by atoms with Gasteiger partial charge < -0.3 is 5.32 Å². The number of rotatable bonds is 3. The largest absolute Gasteiger partial charge is 0.382 e. The molecule has 1 nitrogen and oxygen atoms in total. The molecule has 1 N–H and O–H groups in total. The molecule has 0 radical (unpaired) electrons. The molecule has 0 spiro atoms. The highest BCUT2D eigenvalue weighted by Crippen LogP contribution is 2.28. The van der Waals surface area contributed by atoms with Crippen molar-refractivity contribution in [2.45, 2.75) is 51.5 Å². The maximum absolute atomic E-state index is 13.1. The molecule has 0 aromatic heterocycles. The minimum absolute atomic E-state index is 0.194. The molecule has 2 rings (SSSR count). The number of hydrogen-bond acceptors (Lipinski definition) is 1. The second-order valence-corrected chi connectivity index (χ2v) is 5.66. The highest BCUT2D eigenvalue weighted by molar-refractivity contribution is 6.31. The smallest absolute Gasteiger partial charge is 0.141 e. The van der Waals surface area contributed by atoms with Gasteiger partial charge in [-0.15, -0.1) is 0 Å². The zero-order valence-corrected chi connectivity index (χ0v) is 11.6. The van der Waals surface area contributed by atoms with E-state index in [-0.39, 0.29) is 10.8 Å². The Bertz CT molecular complexity index is 394. The van der Waals surface area contributed by atoms with E-state index < -0.39 is 0 Å². The first-order valence-corrected chi connectivity index (χ1v) is 7.28. The molecule has 3 heteroatoms. The number of hydrogen-bond donors (Lipinski definition) is 1. The second kappa shape index (κ2) is 6.42. The van der Waals surface area contributed by atoms with Gasteiger partial charge in [0.15, 0.2) is 0 Å². The van der Waals surface area contributed by atoms with Crippen LogP contribution in [0.1, 0.15) is 45.4 Å². The lowest BCUT2D eigenvalue weighted by Gasteiger charge is -2.18. The maximum atomic E-state index is 13.1. The molecular weight excluding hydrogens is 249 g/mol. The third-order valence-corrected chi connectivity index (χ3v) is 4.25. The van der Waals surface area contributed by atoms with Crippen LogP contribution in [0.4, 0.5) is 10.1 Å². The van der Waals surface area contributed by atoms with Crippen molar-refractivity contribution in [2.75, 3.05) is 5.32 Å². The minimum atomic E-state index is -0.353. The van der Waals surface area contributed by atoms with E-state index in [1.807, 2.05) is 0 Å². The highest BCUT2D eigenvalue weighted by atomic mass is 35.5. The number of benzene rings is 1. The fourth-order valence-corrected chi connectivity index (χ4v) is 2.93. The van der Waals surface area contributed by atoms with Crippen LogP contribution in [0.2, 0.25) is 5.02 Å². The van der Waals surface area contributed by atoms with Gasteiger partial charge >= 0.3 is 0 Å². The molecule has 0 aliphatic heterocycles. The average Bonchev–Trinajstić information content (AvgIpc) is 2.59. The summed E-state index contributed by atoms with van der Waals surface area (Å²) < 4.78 is 13.1. The topological polar surface area (TPSA) is 12.0 Å². The Morgan fingerprint density at radius 1 is 1.28 bits per heavy atom. The lowest BCUT2D eigenvalue weighted by molar-refractivity contribution is 0.444. The average molecular weight is 270 g/mol. The van der Waals surface area contributed by atoms with Crippen molar-refractivity contribution in [3.8, 4) is 0 Å². The van der Waals surface area contributed by atoms with Crippen LogP contribution in [0, 0.1) is 11.7 Å². The van der Waals surface area contributed by atoms with Crippen molar-refractivity contribution < 1.29 is 4.39 Å². The Hall–Kier alpha value is -0.760. The lowest BCUT2D eigenvalue weighted by atomic mass is 9.98. The molecule has 2 unspecified atom stereocenters. The quantitative estimate of drug-likeness (QED) is 0.739. The van der Waals surface area contributed by atoms with Crippen molar-refractivity contribution in [2.24, 2.45) is 5.92 Å². The van der Waals surface area contributed by atoms with Crippen LogP contribution >= 0.6 is 11.6 Å². The van der Waals surface area contributed by atoms with Gasteiger partial charge in [0, 0.05) is 11.7 Å². The van der Waals surface area contributed by atoms with E-state index in [0.29, 0.717) is 6.04 Å². The maximum Gasteiger partial charge on any atom is 0.141 e. The Morgan fingerprint density at radius 2 is 2.11 bits per heavy atom. The van der Waals surface area contributed by atoms with E-state index >= 15 is 0 Å². The molecule has 1 aromatic carbocycles. The summed E-state index contributed by atoms with van der Waals surface area (Å²) in [6, 6.07) is 5.38. The predicted octanol–water partition coefficient (Wildman–Crippen LogP) is 5.25. The summed E-state index contributed by atoms with van der Waals surface area (Å²) in [5.74, 6) is 0.530. The first-order chi connectivity index (χ1) is 8.69. The highest BCUT2D eigenvalue weighted by Gasteiger charge is 2.17. The summed E-state index contributed by atoms with van der Waals surface area (Å²) in [4.78, 5) is 0. The normalized spacial score (nSPS) is 24.6. The molecule has 1 aliphatic carbocycles. The number of anilines is 1. The van der Waals surface area contributed by atoms with Gasteiger partial charge in [0.2, 0.25) is 0 Å². The molecule has 2 atom stereocenters. The summed E-state index contributed by atoms with van der Waals surface area (Å²) in [7, 11) is 0. The van der Waals surface area contributed by atoms with Crippen LogP contribution in [0.15, 0.2) is 18.2 Å². The molecular formula is C15H21ClFN. The van der Waals surface area contributed by atoms with Crippen molar-refractivity contribution in [1.29, 1.82) is 0 Å². The van der Waals surface area contributed by atoms with E-state index in [1.165, 1.54) is 44.6 Å². The van der Waals surface area contributed by atoms with Crippen LogP contribution < -0.4 is 5.32 Å². The van der Waals surface area contributed by atoms with Crippen molar-refractivity contribution in [3.05, 3.63) is 29.0 Å². The Labute approximate surface area is 114 Å². The molecule has 1 fully saturated rings. The van der Waals surface area contributed by atoms with Crippen LogP contribution in [-0.2, 0) is 0 Å². The fourth-order valence-electron chi connectivity index (χ4n) is 2.75. The van der Waals surface area contributed by atoms with Crippen LogP contribution in [-0.4, -0.2) is 6.04 Å². The van der Waals surface area contributed by atoms with Gasteiger partial charge in [-0.25, -0.2) is 4.39 Å². The van der Waals surface area contributed by atoms with Gasteiger partial charge in [-0.1, -0.05) is 37.8 Å². The molecule has 18 heavy (non-hydrogen) atoms. The first-order valence-electron chi connectivity index (χ1n) is 6.90. The monoisotopic (exact) mass is 269 g/mol. The van der Waals surface area contributed by atoms with E-state index in [1.54, 1.807) is 12.1 Å². The zero-order valence-electron chi connectivity index (χ0n) is 10.9. The van der Waals surface area contributed by atoms with Crippen molar-refractivity contribution >= 4 is 17.3 Å². The lowest BCUT2D eigenvalue weighted by Crippen LogP contribution is -2.18. The Kier molecular flexibility index (Phi) is 4.87. The third-order valence-electron chi connectivity index (χ3n) is 3.96. The zero-order chi connectivity index (χ0) is 13.0. The van der Waals surface area contributed by atoms with Gasteiger partial charge in [0.25, 0.3) is 0 Å². The number of nitrogens with one attached hydrogen (secondary N) is 1. The molecule has 1 saturated carbocycles. The first kappa shape index (κ1) is 13.7. The Morgan fingerprint density at radius 3 is 2.83 bits per heavy atom. The van der Waals surface area contributed by atoms with Crippen LogP contribution in [0.5, 0.6) is 0 Å². The SMILES string of the molecule is CCC1CCCC(Nc2ccc(F)c(Cl)c2)CC1. The molecule has 0 bridgehead atoms. The standard InChI is InChI=1S/C15H21ClFN/c1-2-11-4-3-5-12(7-6-11)18-13-8-9-15(17)14(16)10-13/h8-12,18H,2-7H2,1H3. The third kappa shape index (κ3) is 3.61. The molecule has 0 amide bonds. The van der Waals surface area contributed by atoms with E-state index in [9.17, 15) is 4.39 Å². The summed E-state index contributed by atoms with van der Waals surface area (Å²) in [5, 5.41) is 3.68. The summed E-state index contributed by atoms with van der Waals surface area (Å²) in [5.41, 5.74) is 0.932. The molecule has 1 aromatic rings. The summed E-state index contributed by atoms with van der Waals surface area (Å²) >= 11 is 5.79. The van der Waals surface area contributed by atoms with Gasteiger partial charge in [0.05, 0.1) is 5.02 Å². The van der Waals surface area contributed by atoms with Crippen molar-refractivity contribution in [1.82, 2.24) is 0 Å². The molecule has 1 aliphatic rings. The fraction of sp³-hybridized carbons (Fsp3) is 0.600. The minimum Gasteiger partial charge on any atom is -0.382 e. The summed E-state index contributed by atoms with van der Waals surface area (Å²) in [6.07, 6.45) is 7.61. The van der Waals surface area contributed by atoms with Crippen molar-refractivity contribution in [3.63, 3.8) is 0 Å². The summed E-state index contributed by atoms with van der Waals surface area (Å²) in [6.45, 7) is 2.28. The van der Waals surface area contributed by atoms with Gasteiger partial charge in [-0.05, 0) is 43.4 Å². The molecule has 0 saturated heterocycles. The van der Waals surface area contributed by atoms with Crippen LogP contribution in [0.3, 0.4) is 0 Å². The Balaban J connectivity index is 1.94. The molecule has 100 valence electrons. The van der Waals surface area contributed by atoms with Gasteiger partial charge in [0.1, 0.15) is 5.82 Å². The van der Waals surface area contributed by atoms with E-state index in [4.69, 9.17) is 11.6 Å². The number of halogens is 2. The second-order valence-electron chi connectivity index (χ2n) is 5.25. The van der Waals surface area contributed by atoms with E-state index in [2.05, 4.69) is 12.2 Å². The van der Waals surface area contributed by atoms with Gasteiger partial charge in [-0.2, -0.15) is 0 Å².